The van der Waals surface area contributed by atoms with Gasteiger partial charge in [-0.2, -0.15) is 0 Å². The number of hydrogen-bond donors (Lipinski definition) is 1. The number of ether oxygens (including phenoxy) is 1. The Bertz CT molecular complexity index is 306. The third kappa shape index (κ3) is 2.60. The number of methoxy groups -OCH3 is 1. The normalized spacial score (nSPS) is 12.7. The number of aromatic carboxylic acids is 1. The Morgan fingerprint density at radius 3 is 3.00 bits per heavy atom. The van der Waals surface area contributed by atoms with Crippen molar-refractivity contribution >= 4 is 5.97 Å². The Balaban J connectivity index is 2.66. The summed E-state index contributed by atoms with van der Waals surface area (Å²) < 4.78 is 6.72. The number of rotatable bonds is 5. The van der Waals surface area contributed by atoms with Gasteiger partial charge in [-0.25, -0.2) is 4.79 Å². The average molecular weight is 197 g/mol. The molecule has 0 aliphatic rings. The number of carbonyl (C=O) groups is 1. The van der Waals surface area contributed by atoms with Crippen LogP contribution in [0, 0.1) is 5.92 Å². The van der Waals surface area contributed by atoms with Crippen molar-refractivity contribution in [2.24, 2.45) is 5.92 Å². The van der Waals surface area contributed by atoms with Crippen molar-refractivity contribution in [1.82, 2.24) is 4.57 Å². The third-order valence-electron chi connectivity index (χ3n) is 2.01. The van der Waals surface area contributed by atoms with Crippen LogP contribution in [0.15, 0.2) is 18.3 Å². The lowest BCUT2D eigenvalue weighted by atomic mass is 10.2. The van der Waals surface area contributed by atoms with E-state index in [9.17, 15) is 4.79 Å². The smallest absolute Gasteiger partial charge is 0.352 e. The van der Waals surface area contributed by atoms with Gasteiger partial charge in [0, 0.05) is 19.9 Å². The fourth-order valence-corrected chi connectivity index (χ4v) is 1.44. The topological polar surface area (TPSA) is 51.5 Å². The van der Waals surface area contributed by atoms with Crippen molar-refractivity contribution in [2.75, 3.05) is 13.7 Å². The molecule has 0 bridgehead atoms. The van der Waals surface area contributed by atoms with Gasteiger partial charge in [0.15, 0.2) is 0 Å². The first kappa shape index (κ1) is 10.8. The predicted molar refractivity (Wildman–Crippen MR) is 52.4 cm³/mol. The molecule has 0 aromatic carbocycles. The lowest BCUT2D eigenvalue weighted by Crippen LogP contribution is -2.15. The summed E-state index contributed by atoms with van der Waals surface area (Å²) >= 11 is 0. The molecular weight excluding hydrogens is 182 g/mol. The molecule has 1 atom stereocenters. The molecule has 0 aliphatic heterocycles. The first-order valence-electron chi connectivity index (χ1n) is 4.52. The summed E-state index contributed by atoms with van der Waals surface area (Å²) in [4.78, 5) is 10.8. The molecular formula is C10H15NO3. The molecule has 0 saturated carbocycles. The van der Waals surface area contributed by atoms with Crippen LogP contribution in [0.4, 0.5) is 0 Å². The van der Waals surface area contributed by atoms with Crippen LogP contribution in [0.2, 0.25) is 0 Å². The van der Waals surface area contributed by atoms with Crippen molar-refractivity contribution in [1.29, 1.82) is 0 Å². The fourth-order valence-electron chi connectivity index (χ4n) is 1.44. The Labute approximate surface area is 83.1 Å². The minimum atomic E-state index is -0.889. The van der Waals surface area contributed by atoms with Crippen LogP contribution >= 0.6 is 0 Å². The van der Waals surface area contributed by atoms with E-state index in [1.54, 1.807) is 30.0 Å². The largest absolute Gasteiger partial charge is 0.477 e. The van der Waals surface area contributed by atoms with Gasteiger partial charge in [0.1, 0.15) is 5.69 Å². The summed E-state index contributed by atoms with van der Waals surface area (Å²) in [6.45, 7) is 3.33. The third-order valence-corrected chi connectivity index (χ3v) is 2.01. The van der Waals surface area contributed by atoms with E-state index >= 15 is 0 Å². The Morgan fingerprint density at radius 2 is 2.43 bits per heavy atom. The molecule has 1 aromatic rings. The molecule has 1 N–H and O–H groups in total. The molecule has 0 aliphatic carbocycles. The van der Waals surface area contributed by atoms with E-state index < -0.39 is 5.97 Å². The van der Waals surface area contributed by atoms with E-state index in [-0.39, 0.29) is 0 Å². The minimum Gasteiger partial charge on any atom is -0.477 e. The Kier molecular flexibility index (Phi) is 3.71. The monoisotopic (exact) mass is 197 g/mol. The number of hydrogen-bond acceptors (Lipinski definition) is 2. The molecule has 1 aromatic heterocycles. The molecule has 0 amide bonds. The zero-order chi connectivity index (χ0) is 10.6. The molecule has 0 saturated heterocycles. The van der Waals surface area contributed by atoms with Gasteiger partial charge in [-0.3, -0.25) is 0 Å². The van der Waals surface area contributed by atoms with Crippen molar-refractivity contribution in [3.05, 3.63) is 24.0 Å². The van der Waals surface area contributed by atoms with Crippen LogP contribution in [-0.4, -0.2) is 29.4 Å². The number of aromatic nitrogens is 1. The molecule has 14 heavy (non-hydrogen) atoms. The van der Waals surface area contributed by atoms with Gasteiger partial charge in [-0.05, 0) is 18.1 Å². The van der Waals surface area contributed by atoms with E-state index in [1.165, 1.54) is 0 Å². The highest BCUT2D eigenvalue weighted by atomic mass is 16.5. The van der Waals surface area contributed by atoms with Gasteiger partial charge in [0.25, 0.3) is 0 Å². The Morgan fingerprint density at radius 1 is 1.71 bits per heavy atom. The van der Waals surface area contributed by atoms with Crippen LogP contribution in [-0.2, 0) is 11.3 Å². The van der Waals surface area contributed by atoms with Crippen LogP contribution < -0.4 is 0 Å². The highest BCUT2D eigenvalue weighted by Crippen LogP contribution is 2.07. The summed E-state index contributed by atoms with van der Waals surface area (Å²) in [7, 11) is 1.64. The molecule has 0 fully saturated rings. The van der Waals surface area contributed by atoms with Crippen LogP contribution in [0.1, 0.15) is 17.4 Å². The number of carboxylic acids is 1. The standard InChI is InChI=1S/C10H15NO3/c1-8(7-14-2)6-11-5-3-4-9(11)10(12)13/h3-5,8H,6-7H2,1-2H3,(H,12,13). The van der Waals surface area contributed by atoms with Crippen molar-refractivity contribution < 1.29 is 14.6 Å². The molecule has 78 valence electrons. The van der Waals surface area contributed by atoms with Gasteiger partial charge in [0.2, 0.25) is 0 Å². The van der Waals surface area contributed by atoms with Gasteiger partial charge >= 0.3 is 5.97 Å². The first-order chi connectivity index (χ1) is 6.65. The zero-order valence-corrected chi connectivity index (χ0v) is 8.43. The van der Waals surface area contributed by atoms with Crippen LogP contribution in [0.25, 0.3) is 0 Å². The lowest BCUT2D eigenvalue weighted by molar-refractivity contribution is 0.0682. The second-order valence-electron chi connectivity index (χ2n) is 3.41. The molecule has 0 spiro atoms. The summed E-state index contributed by atoms with van der Waals surface area (Å²) in [5, 5.41) is 8.85. The average Bonchev–Trinajstić information content (AvgIpc) is 2.52. The van der Waals surface area contributed by atoms with Crippen LogP contribution in [0.3, 0.4) is 0 Å². The van der Waals surface area contributed by atoms with E-state index in [0.29, 0.717) is 24.8 Å². The van der Waals surface area contributed by atoms with E-state index in [1.807, 2.05) is 6.92 Å². The molecule has 4 nitrogen and oxygen atoms in total. The molecule has 0 radical (unpaired) electrons. The predicted octanol–water partition coefficient (Wildman–Crippen LogP) is 1.47. The van der Waals surface area contributed by atoms with Crippen molar-refractivity contribution in [2.45, 2.75) is 13.5 Å². The van der Waals surface area contributed by atoms with Gasteiger partial charge in [0.05, 0.1) is 6.61 Å². The maximum atomic E-state index is 10.8. The van der Waals surface area contributed by atoms with Gasteiger partial charge in [-0.15, -0.1) is 0 Å². The number of carboxylic acid groups (broad SMARTS) is 1. The lowest BCUT2D eigenvalue weighted by Gasteiger charge is -2.12. The minimum absolute atomic E-state index is 0.311. The van der Waals surface area contributed by atoms with Crippen molar-refractivity contribution in [3.63, 3.8) is 0 Å². The maximum Gasteiger partial charge on any atom is 0.352 e. The van der Waals surface area contributed by atoms with E-state index in [0.717, 1.165) is 0 Å². The van der Waals surface area contributed by atoms with Gasteiger partial charge in [-0.1, -0.05) is 6.92 Å². The Hall–Kier alpha value is -1.29. The number of nitrogens with zero attached hydrogens (tertiary/aromatic N) is 1. The molecule has 1 rings (SSSR count). The van der Waals surface area contributed by atoms with E-state index in [2.05, 4.69) is 0 Å². The summed E-state index contributed by atoms with van der Waals surface area (Å²) in [5.74, 6) is -0.579. The highest BCUT2D eigenvalue weighted by molar-refractivity contribution is 5.85. The van der Waals surface area contributed by atoms with Gasteiger partial charge < -0.3 is 14.4 Å². The second kappa shape index (κ2) is 4.81. The second-order valence-corrected chi connectivity index (χ2v) is 3.41. The SMILES string of the molecule is COCC(C)Cn1cccc1C(=O)O. The highest BCUT2D eigenvalue weighted by Gasteiger charge is 2.10. The molecule has 1 heterocycles. The molecule has 1 unspecified atom stereocenters. The van der Waals surface area contributed by atoms with Crippen LogP contribution in [0.5, 0.6) is 0 Å². The quantitative estimate of drug-likeness (QED) is 0.777. The molecule has 4 heteroatoms. The first-order valence-corrected chi connectivity index (χ1v) is 4.52. The summed E-state index contributed by atoms with van der Waals surface area (Å²) in [6, 6.07) is 3.34. The summed E-state index contributed by atoms with van der Waals surface area (Å²) in [6.07, 6.45) is 1.77. The zero-order valence-electron chi connectivity index (χ0n) is 8.43. The summed E-state index contributed by atoms with van der Waals surface area (Å²) in [5.41, 5.74) is 0.327. The van der Waals surface area contributed by atoms with Crippen molar-refractivity contribution in [3.8, 4) is 0 Å². The fraction of sp³-hybridized carbons (Fsp3) is 0.500. The van der Waals surface area contributed by atoms with E-state index in [4.69, 9.17) is 9.84 Å². The maximum absolute atomic E-state index is 10.8.